The lowest BCUT2D eigenvalue weighted by Crippen LogP contribution is -2.17. The van der Waals surface area contributed by atoms with Crippen LogP contribution >= 0.6 is 0 Å². The van der Waals surface area contributed by atoms with Gasteiger partial charge in [-0.1, -0.05) is 152 Å². The summed E-state index contributed by atoms with van der Waals surface area (Å²) in [5.41, 5.74) is 14.8. The number of hydrogen-bond acceptors (Lipinski definition) is 1. The molecule has 2 aliphatic carbocycles. The summed E-state index contributed by atoms with van der Waals surface area (Å²) in [6.45, 7) is 0. The van der Waals surface area contributed by atoms with Crippen LogP contribution in [0.5, 0.6) is 0 Å². The van der Waals surface area contributed by atoms with Crippen LogP contribution < -0.4 is 4.90 Å². The van der Waals surface area contributed by atoms with Gasteiger partial charge in [0.05, 0.1) is 11.0 Å². The lowest BCUT2D eigenvalue weighted by molar-refractivity contribution is 0.720. The zero-order valence-corrected chi connectivity index (χ0v) is 31.8. The maximum atomic E-state index is 2.45. The van der Waals surface area contributed by atoms with Crippen molar-refractivity contribution < 1.29 is 0 Å². The molecule has 0 fully saturated rings. The molecular formula is C56H38N2. The standard InChI is InChI=1S/C56H38N2/c1-2-14-43(15-3-1)57(45-28-30-51-49-18-7-6-16-47(49)48-17-8-9-19-50(48)54(51)35-45)46-29-31-53-52-20-10-11-21-55(52)58(56(53)36-46)44-27-26-41-33-40(24-25-42(41)34-44)39-23-22-37-12-4-5-13-38(37)32-39/h1-36,48,50H. The highest BCUT2D eigenvalue weighted by atomic mass is 15.1. The number of aromatic nitrogens is 1. The smallest absolute Gasteiger partial charge is 0.0561 e. The Morgan fingerprint density at radius 3 is 1.83 bits per heavy atom. The quantitative estimate of drug-likeness (QED) is 0.171. The summed E-state index contributed by atoms with van der Waals surface area (Å²) < 4.78 is 2.45. The Morgan fingerprint density at radius 2 is 0.966 bits per heavy atom. The van der Waals surface area contributed by atoms with E-state index in [1.807, 2.05) is 0 Å². The van der Waals surface area contributed by atoms with Crippen LogP contribution in [-0.2, 0) is 0 Å². The molecule has 2 aliphatic rings. The van der Waals surface area contributed by atoms with Gasteiger partial charge in [-0.25, -0.2) is 0 Å². The summed E-state index contributed by atoms with van der Waals surface area (Å²) in [7, 11) is 0. The second-order valence-electron chi connectivity index (χ2n) is 15.7. The third kappa shape index (κ3) is 5.19. The minimum absolute atomic E-state index is 0.286. The van der Waals surface area contributed by atoms with Crippen molar-refractivity contribution in [3.63, 3.8) is 0 Å². The van der Waals surface area contributed by atoms with Gasteiger partial charge in [0.1, 0.15) is 0 Å². The highest BCUT2D eigenvalue weighted by Gasteiger charge is 2.32. The number of anilines is 3. The van der Waals surface area contributed by atoms with Crippen molar-refractivity contribution in [2.75, 3.05) is 4.90 Å². The first kappa shape index (κ1) is 32.8. The average Bonchev–Trinajstić information content (AvgIpc) is 3.62. The second kappa shape index (κ2) is 13.1. The van der Waals surface area contributed by atoms with E-state index in [4.69, 9.17) is 0 Å². The number of para-hydroxylation sites is 2. The average molecular weight is 739 g/mol. The fourth-order valence-electron chi connectivity index (χ4n) is 9.77. The van der Waals surface area contributed by atoms with Gasteiger partial charge in [-0.05, 0) is 122 Å². The molecule has 2 unspecified atom stereocenters. The molecule has 0 amide bonds. The molecular weight excluding hydrogens is 701 g/mol. The summed E-state index contributed by atoms with van der Waals surface area (Å²) in [6.07, 6.45) is 9.17. The molecule has 272 valence electrons. The maximum absolute atomic E-state index is 2.45. The highest BCUT2D eigenvalue weighted by molar-refractivity contribution is 6.10. The van der Waals surface area contributed by atoms with E-state index in [0.717, 1.165) is 22.7 Å². The van der Waals surface area contributed by atoms with E-state index in [2.05, 4.69) is 228 Å². The lowest BCUT2D eigenvalue weighted by atomic mass is 9.70. The van der Waals surface area contributed by atoms with Crippen molar-refractivity contribution in [2.24, 2.45) is 0 Å². The molecule has 1 aromatic heterocycles. The lowest BCUT2D eigenvalue weighted by Gasteiger charge is -2.35. The zero-order valence-electron chi connectivity index (χ0n) is 31.8. The Kier molecular flexibility index (Phi) is 7.39. The second-order valence-corrected chi connectivity index (χ2v) is 15.7. The van der Waals surface area contributed by atoms with E-state index >= 15 is 0 Å². The van der Waals surface area contributed by atoms with E-state index in [0.29, 0.717) is 5.92 Å². The van der Waals surface area contributed by atoms with Crippen LogP contribution in [0.1, 0.15) is 23.0 Å². The molecule has 10 aromatic rings. The number of fused-ring (bicyclic) bond motifs is 11. The number of benzene rings is 9. The molecule has 0 spiro atoms. The van der Waals surface area contributed by atoms with Gasteiger partial charge in [0.25, 0.3) is 0 Å². The first-order chi connectivity index (χ1) is 28.7. The topological polar surface area (TPSA) is 8.17 Å². The first-order valence-electron chi connectivity index (χ1n) is 20.3. The molecule has 2 heteroatoms. The number of allylic oxidation sites excluding steroid dienone is 4. The van der Waals surface area contributed by atoms with Crippen molar-refractivity contribution in [3.05, 3.63) is 230 Å². The van der Waals surface area contributed by atoms with Crippen LogP contribution in [0.15, 0.2) is 218 Å². The maximum Gasteiger partial charge on any atom is 0.0561 e. The summed E-state index contributed by atoms with van der Waals surface area (Å²) in [5.74, 6) is 0.613. The van der Waals surface area contributed by atoms with Gasteiger partial charge in [0, 0.05) is 45.4 Å². The van der Waals surface area contributed by atoms with Crippen molar-refractivity contribution in [1.29, 1.82) is 0 Å². The Hall–Kier alpha value is -7.42. The zero-order chi connectivity index (χ0) is 38.2. The van der Waals surface area contributed by atoms with E-state index in [-0.39, 0.29) is 5.92 Å². The molecule has 2 atom stereocenters. The predicted octanol–water partition coefficient (Wildman–Crippen LogP) is 15.2. The molecule has 0 N–H and O–H groups in total. The molecule has 1 heterocycles. The summed E-state index contributed by atoms with van der Waals surface area (Å²) >= 11 is 0. The van der Waals surface area contributed by atoms with Crippen molar-refractivity contribution >= 4 is 60.4 Å². The molecule has 58 heavy (non-hydrogen) atoms. The van der Waals surface area contributed by atoms with E-state index < -0.39 is 0 Å². The number of nitrogens with zero attached hydrogens (tertiary/aromatic N) is 2. The van der Waals surface area contributed by atoms with Gasteiger partial charge in [-0.3, -0.25) is 0 Å². The monoisotopic (exact) mass is 738 g/mol. The van der Waals surface area contributed by atoms with Crippen LogP contribution in [0.25, 0.3) is 71.3 Å². The van der Waals surface area contributed by atoms with Crippen LogP contribution in [0.2, 0.25) is 0 Å². The SMILES string of the molecule is C1=CC2c3ccccc3-c3ccc(N(c4ccccc4)c4ccc5c6ccccc6n(-c6ccc7cc(-c8ccc9ccccc9c8)ccc7c6)c5c4)cc3C2C=C1. The van der Waals surface area contributed by atoms with Gasteiger partial charge in [-0.2, -0.15) is 0 Å². The van der Waals surface area contributed by atoms with Crippen LogP contribution in [0, 0.1) is 0 Å². The summed E-state index contributed by atoms with van der Waals surface area (Å²) in [6, 6.07) is 71.7. The molecule has 0 bridgehead atoms. The van der Waals surface area contributed by atoms with Gasteiger partial charge < -0.3 is 9.47 Å². The minimum atomic E-state index is 0.286. The summed E-state index contributed by atoms with van der Waals surface area (Å²) in [4.78, 5) is 2.42. The molecule has 12 rings (SSSR count). The van der Waals surface area contributed by atoms with Crippen molar-refractivity contribution in [3.8, 4) is 27.9 Å². The van der Waals surface area contributed by atoms with E-state index in [9.17, 15) is 0 Å². The van der Waals surface area contributed by atoms with Crippen LogP contribution in [0.4, 0.5) is 17.1 Å². The highest BCUT2D eigenvalue weighted by Crippen LogP contribution is 2.51. The molecule has 0 aliphatic heterocycles. The first-order valence-corrected chi connectivity index (χ1v) is 20.3. The largest absolute Gasteiger partial charge is 0.310 e. The Balaban J connectivity index is 1.00. The molecule has 9 aromatic carbocycles. The number of rotatable bonds is 5. The predicted molar refractivity (Wildman–Crippen MR) is 245 cm³/mol. The molecule has 0 saturated heterocycles. The van der Waals surface area contributed by atoms with Crippen molar-refractivity contribution in [2.45, 2.75) is 11.8 Å². The third-order valence-electron chi connectivity index (χ3n) is 12.5. The molecule has 2 nitrogen and oxygen atoms in total. The van der Waals surface area contributed by atoms with E-state index in [1.165, 1.54) is 76.7 Å². The fraction of sp³-hybridized carbons (Fsp3) is 0.0357. The fourth-order valence-corrected chi connectivity index (χ4v) is 9.77. The summed E-state index contributed by atoms with van der Waals surface area (Å²) in [5, 5.41) is 7.46. The number of hydrogen-bond donors (Lipinski definition) is 0. The Labute approximate surface area is 337 Å². The Bertz CT molecular complexity index is 3310. The van der Waals surface area contributed by atoms with Gasteiger partial charge in [0.15, 0.2) is 0 Å². The van der Waals surface area contributed by atoms with Crippen LogP contribution in [0.3, 0.4) is 0 Å². The third-order valence-corrected chi connectivity index (χ3v) is 12.5. The normalized spacial score (nSPS) is 15.4. The van der Waals surface area contributed by atoms with Crippen molar-refractivity contribution in [1.82, 2.24) is 4.57 Å². The minimum Gasteiger partial charge on any atom is -0.310 e. The molecule has 0 saturated carbocycles. The van der Waals surface area contributed by atoms with Gasteiger partial charge >= 0.3 is 0 Å². The molecule has 0 radical (unpaired) electrons. The van der Waals surface area contributed by atoms with Gasteiger partial charge in [-0.15, -0.1) is 0 Å². The van der Waals surface area contributed by atoms with Gasteiger partial charge in [0.2, 0.25) is 0 Å². The van der Waals surface area contributed by atoms with Crippen LogP contribution in [-0.4, -0.2) is 4.57 Å². The van der Waals surface area contributed by atoms with E-state index in [1.54, 1.807) is 0 Å². The Morgan fingerprint density at radius 1 is 0.362 bits per heavy atom.